The second kappa shape index (κ2) is 8.28. The molecule has 0 bridgehead atoms. The molecule has 0 spiro atoms. The summed E-state index contributed by atoms with van der Waals surface area (Å²) in [5, 5.41) is 15.1. The summed E-state index contributed by atoms with van der Waals surface area (Å²) in [4.78, 5) is 16.8. The van der Waals surface area contributed by atoms with Crippen LogP contribution >= 0.6 is 0 Å². The van der Waals surface area contributed by atoms with E-state index in [1.807, 2.05) is 18.2 Å². The lowest BCUT2D eigenvalue weighted by Crippen LogP contribution is -2.29. The lowest BCUT2D eigenvalue weighted by Gasteiger charge is -2.29. The van der Waals surface area contributed by atoms with Crippen molar-refractivity contribution in [2.75, 3.05) is 30.5 Å². The molecule has 1 aromatic heterocycles. The number of ether oxygens (including phenoxy) is 1. The average Bonchev–Trinajstić information content (AvgIpc) is 2.69. The SMILES string of the molecule is COc1cc(N2CCCCC2)ccc1/C=N\Nc1ncccc1[N+](=O)[O-]. The second-order valence-electron chi connectivity index (χ2n) is 5.97. The van der Waals surface area contributed by atoms with E-state index in [0.717, 1.165) is 24.3 Å². The quantitative estimate of drug-likeness (QED) is 0.485. The van der Waals surface area contributed by atoms with Crippen LogP contribution in [-0.4, -0.2) is 36.3 Å². The van der Waals surface area contributed by atoms with Gasteiger partial charge in [-0.05, 0) is 37.5 Å². The smallest absolute Gasteiger partial charge is 0.313 e. The second-order valence-corrected chi connectivity index (χ2v) is 5.97. The molecule has 0 saturated carbocycles. The predicted molar refractivity (Wildman–Crippen MR) is 101 cm³/mol. The zero-order valence-electron chi connectivity index (χ0n) is 14.6. The predicted octanol–water partition coefficient (Wildman–Crippen LogP) is 3.43. The Labute approximate surface area is 151 Å². The number of nitro groups is 1. The van der Waals surface area contributed by atoms with Crippen LogP contribution in [0.1, 0.15) is 24.8 Å². The Balaban J connectivity index is 1.75. The van der Waals surface area contributed by atoms with Gasteiger partial charge in [-0.2, -0.15) is 5.10 Å². The van der Waals surface area contributed by atoms with Crippen molar-refractivity contribution in [3.8, 4) is 5.75 Å². The third-order valence-corrected chi connectivity index (χ3v) is 4.30. The summed E-state index contributed by atoms with van der Waals surface area (Å²) >= 11 is 0. The van der Waals surface area contributed by atoms with E-state index in [-0.39, 0.29) is 11.5 Å². The molecule has 2 heterocycles. The molecule has 26 heavy (non-hydrogen) atoms. The number of benzene rings is 1. The van der Waals surface area contributed by atoms with Gasteiger partial charge in [-0.3, -0.25) is 15.5 Å². The van der Waals surface area contributed by atoms with E-state index >= 15 is 0 Å². The number of piperidine rings is 1. The molecule has 3 rings (SSSR count). The van der Waals surface area contributed by atoms with Crippen LogP contribution in [0.5, 0.6) is 5.75 Å². The van der Waals surface area contributed by atoms with Crippen LogP contribution in [0.15, 0.2) is 41.6 Å². The van der Waals surface area contributed by atoms with Gasteiger partial charge in [-0.15, -0.1) is 0 Å². The number of hydrazone groups is 1. The highest BCUT2D eigenvalue weighted by atomic mass is 16.6. The Hall–Kier alpha value is -3.16. The zero-order chi connectivity index (χ0) is 18.4. The maximum absolute atomic E-state index is 11.0. The number of nitrogens with zero attached hydrogens (tertiary/aromatic N) is 4. The first kappa shape index (κ1) is 17.7. The highest BCUT2D eigenvalue weighted by Crippen LogP contribution is 2.27. The monoisotopic (exact) mass is 355 g/mol. The Morgan fingerprint density at radius 1 is 1.31 bits per heavy atom. The van der Waals surface area contributed by atoms with Gasteiger partial charge in [-0.1, -0.05) is 0 Å². The number of nitrogens with one attached hydrogen (secondary N) is 1. The minimum Gasteiger partial charge on any atom is -0.496 e. The first-order valence-corrected chi connectivity index (χ1v) is 8.50. The molecule has 1 aliphatic rings. The number of hydrogen-bond acceptors (Lipinski definition) is 7. The van der Waals surface area contributed by atoms with Crippen molar-refractivity contribution in [2.24, 2.45) is 5.10 Å². The first-order valence-electron chi connectivity index (χ1n) is 8.50. The molecular formula is C18H21N5O3. The highest BCUT2D eigenvalue weighted by molar-refractivity contribution is 5.85. The van der Waals surface area contributed by atoms with Gasteiger partial charge in [0, 0.05) is 42.7 Å². The Morgan fingerprint density at radius 3 is 2.85 bits per heavy atom. The van der Waals surface area contributed by atoms with E-state index in [0.29, 0.717) is 5.75 Å². The van der Waals surface area contributed by atoms with Crippen LogP contribution in [-0.2, 0) is 0 Å². The maximum Gasteiger partial charge on any atom is 0.313 e. The largest absolute Gasteiger partial charge is 0.496 e. The van der Waals surface area contributed by atoms with Gasteiger partial charge < -0.3 is 9.64 Å². The van der Waals surface area contributed by atoms with Gasteiger partial charge >= 0.3 is 5.69 Å². The lowest BCUT2D eigenvalue weighted by molar-refractivity contribution is -0.384. The van der Waals surface area contributed by atoms with Gasteiger partial charge in [0.2, 0.25) is 5.82 Å². The number of rotatable bonds is 6. The van der Waals surface area contributed by atoms with Gasteiger partial charge in [0.1, 0.15) is 5.75 Å². The van der Waals surface area contributed by atoms with Crippen molar-refractivity contribution < 1.29 is 9.66 Å². The molecular weight excluding hydrogens is 334 g/mol. The van der Waals surface area contributed by atoms with Crippen molar-refractivity contribution in [3.05, 3.63) is 52.2 Å². The molecule has 1 fully saturated rings. The Bertz CT molecular complexity index is 803. The molecule has 8 heteroatoms. The van der Waals surface area contributed by atoms with Gasteiger partial charge in [0.15, 0.2) is 0 Å². The highest BCUT2D eigenvalue weighted by Gasteiger charge is 2.14. The van der Waals surface area contributed by atoms with Crippen molar-refractivity contribution in [2.45, 2.75) is 19.3 Å². The molecule has 1 aliphatic heterocycles. The van der Waals surface area contributed by atoms with Gasteiger partial charge in [0.05, 0.1) is 18.2 Å². The van der Waals surface area contributed by atoms with Crippen molar-refractivity contribution >= 4 is 23.4 Å². The minimum atomic E-state index is -0.501. The van der Waals surface area contributed by atoms with Crippen LogP contribution in [0.2, 0.25) is 0 Å². The molecule has 8 nitrogen and oxygen atoms in total. The number of hydrogen-bond donors (Lipinski definition) is 1. The number of methoxy groups -OCH3 is 1. The number of pyridine rings is 1. The van der Waals surface area contributed by atoms with Gasteiger partial charge in [-0.25, -0.2) is 4.98 Å². The average molecular weight is 355 g/mol. The van der Waals surface area contributed by atoms with E-state index in [9.17, 15) is 10.1 Å². The van der Waals surface area contributed by atoms with Crippen molar-refractivity contribution in [1.29, 1.82) is 0 Å². The summed E-state index contributed by atoms with van der Waals surface area (Å²) in [6, 6.07) is 8.85. The summed E-state index contributed by atoms with van der Waals surface area (Å²) in [6.07, 6.45) is 6.73. The molecule has 0 radical (unpaired) electrons. The third-order valence-electron chi connectivity index (χ3n) is 4.30. The normalized spacial score (nSPS) is 14.4. The molecule has 0 amide bonds. The van der Waals surface area contributed by atoms with Crippen molar-refractivity contribution in [1.82, 2.24) is 4.98 Å². The maximum atomic E-state index is 11.0. The fraction of sp³-hybridized carbons (Fsp3) is 0.333. The molecule has 136 valence electrons. The molecule has 0 unspecified atom stereocenters. The van der Waals surface area contributed by atoms with Crippen LogP contribution < -0.4 is 15.1 Å². The van der Waals surface area contributed by atoms with Gasteiger partial charge in [0.25, 0.3) is 0 Å². The number of anilines is 2. The molecule has 0 aliphatic carbocycles. The van der Waals surface area contributed by atoms with E-state index in [2.05, 4.69) is 20.4 Å². The van der Waals surface area contributed by atoms with Crippen molar-refractivity contribution in [3.63, 3.8) is 0 Å². The minimum absolute atomic E-state index is 0.0950. The summed E-state index contributed by atoms with van der Waals surface area (Å²) in [7, 11) is 1.61. The van der Waals surface area contributed by atoms with Crippen LogP contribution in [0.4, 0.5) is 17.2 Å². The Kier molecular flexibility index (Phi) is 5.62. The molecule has 0 atom stereocenters. The van der Waals surface area contributed by atoms with E-state index in [1.165, 1.54) is 37.6 Å². The van der Waals surface area contributed by atoms with E-state index < -0.39 is 4.92 Å². The molecule has 1 N–H and O–H groups in total. The lowest BCUT2D eigenvalue weighted by atomic mass is 10.1. The summed E-state index contributed by atoms with van der Waals surface area (Å²) in [6.45, 7) is 2.11. The summed E-state index contributed by atoms with van der Waals surface area (Å²) in [5.41, 5.74) is 4.40. The third kappa shape index (κ3) is 4.08. The topological polar surface area (TPSA) is 92.9 Å². The fourth-order valence-electron chi connectivity index (χ4n) is 2.95. The molecule has 1 aromatic carbocycles. The summed E-state index contributed by atoms with van der Waals surface area (Å²) < 4.78 is 5.47. The first-order chi connectivity index (χ1) is 12.7. The Morgan fingerprint density at radius 2 is 2.12 bits per heavy atom. The molecule has 2 aromatic rings. The number of aromatic nitrogens is 1. The molecule has 1 saturated heterocycles. The summed E-state index contributed by atoms with van der Waals surface area (Å²) in [5.74, 6) is 0.798. The zero-order valence-corrected chi connectivity index (χ0v) is 14.6. The van der Waals surface area contributed by atoms with E-state index in [4.69, 9.17) is 4.74 Å². The fourth-order valence-corrected chi connectivity index (χ4v) is 2.95. The van der Waals surface area contributed by atoms with Crippen LogP contribution in [0.3, 0.4) is 0 Å². The van der Waals surface area contributed by atoms with Crippen LogP contribution in [0, 0.1) is 10.1 Å². The van der Waals surface area contributed by atoms with E-state index in [1.54, 1.807) is 13.3 Å². The van der Waals surface area contributed by atoms with Crippen LogP contribution in [0.25, 0.3) is 0 Å². The standard InChI is InChI=1S/C18H21N5O3/c1-26-17-12-15(22-10-3-2-4-11-22)8-7-14(17)13-20-21-18-16(23(24)25)6-5-9-19-18/h5-9,12-13H,2-4,10-11H2,1H3,(H,19,21)/b20-13-.